The Kier molecular flexibility index (Phi) is 3.59. The molecular formula is C9H8NO4S-. The predicted octanol–water partition coefficient (Wildman–Crippen LogP) is 0.278. The van der Waals surface area contributed by atoms with Crippen LogP contribution in [-0.4, -0.2) is 19.8 Å². The van der Waals surface area contributed by atoms with Crippen LogP contribution in [0.5, 0.6) is 0 Å². The molecule has 0 bridgehead atoms. The van der Waals surface area contributed by atoms with E-state index in [0.29, 0.717) is 5.56 Å². The quantitative estimate of drug-likeness (QED) is 0.569. The highest BCUT2D eigenvalue weighted by Gasteiger charge is 2.14. The molecule has 15 heavy (non-hydrogen) atoms. The maximum Gasteiger partial charge on any atom is 0.345 e. The van der Waals surface area contributed by atoms with Crippen molar-refractivity contribution in [1.29, 1.82) is 0 Å². The summed E-state index contributed by atoms with van der Waals surface area (Å²) >= 11 is -2.86. The lowest BCUT2D eigenvalue weighted by atomic mass is 10.1. The Balaban J connectivity index is 3.29. The van der Waals surface area contributed by atoms with Gasteiger partial charge in [0.2, 0.25) is 0 Å². The van der Waals surface area contributed by atoms with Crippen LogP contribution in [0, 0.1) is 0 Å². The van der Waals surface area contributed by atoms with Crippen LogP contribution in [0.1, 0.15) is 5.56 Å². The van der Waals surface area contributed by atoms with E-state index in [1.165, 1.54) is 12.1 Å². The molecule has 6 heteroatoms. The molecule has 0 aliphatic heterocycles. The lowest BCUT2D eigenvalue weighted by Crippen LogP contribution is -2.13. The second-order valence-electron chi connectivity index (χ2n) is 2.65. The van der Waals surface area contributed by atoms with Crippen molar-refractivity contribution >= 4 is 22.7 Å². The van der Waals surface area contributed by atoms with Gasteiger partial charge in [-0.05, 0) is 16.6 Å². The van der Waals surface area contributed by atoms with Crippen LogP contribution in [0.4, 0.5) is 0 Å². The zero-order valence-corrected chi connectivity index (χ0v) is 8.36. The molecule has 80 valence electrons. The number of carboxylic acid groups (broad SMARTS) is 1. The Morgan fingerprint density at radius 3 is 2.27 bits per heavy atom. The molecule has 1 aromatic carbocycles. The van der Waals surface area contributed by atoms with E-state index in [4.69, 9.17) is 10.8 Å². The van der Waals surface area contributed by atoms with Gasteiger partial charge in [0.1, 0.15) is 4.91 Å². The lowest BCUT2D eigenvalue weighted by molar-refractivity contribution is -0.131. The highest BCUT2D eigenvalue weighted by Crippen LogP contribution is 2.15. The second kappa shape index (κ2) is 4.72. The van der Waals surface area contributed by atoms with Crippen LogP contribution in [-0.2, 0) is 15.9 Å². The summed E-state index contributed by atoms with van der Waals surface area (Å²) in [5.41, 5.74) is 5.54. The van der Waals surface area contributed by atoms with Crippen molar-refractivity contribution in [2.24, 2.45) is 5.73 Å². The molecule has 1 aromatic rings. The third-order valence-corrected chi connectivity index (χ3v) is 2.42. The van der Waals surface area contributed by atoms with Crippen molar-refractivity contribution in [3.05, 3.63) is 40.8 Å². The van der Waals surface area contributed by atoms with Gasteiger partial charge in [0.25, 0.3) is 0 Å². The van der Waals surface area contributed by atoms with Crippen LogP contribution in [0.3, 0.4) is 0 Å². The van der Waals surface area contributed by atoms with E-state index in [-0.39, 0.29) is 5.70 Å². The molecule has 0 amide bonds. The SMILES string of the molecule is NC(=C(C(=O)O)S(=O)[O-])c1ccccc1. The molecule has 0 heterocycles. The van der Waals surface area contributed by atoms with Crippen LogP contribution in [0.15, 0.2) is 35.2 Å². The summed E-state index contributed by atoms with van der Waals surface area (Å²) in [5.74, 6) is -1.57. The second-order valence-corrected chi connectivity index (χ2v) is 3.53. The highest BCUT2D eigenvalue weighted by molar-refractivity contribution is 7.84. The largest absolute Gasteiger partial charge is 0.768 e. The molecular weight excluding hydrogens is 218 g/mol. The molecule has 0 aliphatic rings. The Morgan fingerprint density at radius 1 is 1.33 bits per heavy atom. The van der Waals surface area contributed by atoms with Crippen molar-refractivity contribution < 1.29 is 18.7 Å². The summed E-state index contributed by atoms with van der Waals surface area (Å²) < 4.78 is 21.3. The van der Waals surface area contributed by atoms with Crippen molar-refractivity contribution in [3.63, 3.8) is 0 Å². The lowest BCUT2D eigenvalue weighted by Gasteiger charge is -2.10. The smallest absolute Gasteiger partial charge is 0.345 e. The van der Waals surface area contributed by atoms with Gasteiger partial charge in [-0.25, -0.2) is 4.79 Å². The standard InChI is InChI=1S/C9H9NO4S/c10-7(6-4-2-1-3-5-6)8(9(11)12)15(13)14/h1-5H,10H2,(H,11,12)(H,13,14)/p-1. The average molecular weight is 226 g/mol. The number of carbonyl (C=O) groups is 1. The molecule has 5 nitrogen and oxygen atoms in total. The molecule has 0 aliphatic carbocycles. The number of nitrogens with two attached hydrogens (primary N) is 1. The van der Waals surface area contributed by atoms with Gasteiger partial charge in [-0.1, -0.05) is 30.3 Å². The molecule has 0 fully saturated rings. The zero-order chi connectivity index (χ0) is 11.4. The summed E-state index contributed by atoms with van der Waals surface area (Å²) in [7, 11) is 0. The number of carboxylic acids is 1. The minimum Gasteiger partial charge on any atom is -0.768 e. The number of hydrogen-bond acceptors (Lipinski definition) is 4. The van der Waals surface area contributed by atoms with Gasteiger partial charge in [-0.15, -0.1) is 0 Å². The maximum atomic E-state index is 10.6. The Hall–Kier alpha value is -1.66. The van der Waals surface area contributed by atoms with Gasteiger partial charge in [-0.3, -0.25) is 4.21 Å². The fourth-order valence-corrected chi connectivity index (χ4v) is 1.47. The normalized spacial score (nSPS) is 14.2. The number of rotatable bonds is 3. The first-order valence-electron chi connectivity index (χ1n) is 3.91. The molecule has 0 spiro atoms. The van der Waals surface area contributed by atoms with E-state index in [0.717, 1.165) is 0 Å². The maximum absolute atomic E-state index is 10.6. The molecule has 3 N–H and O–H groups in total. The third-order valence-electron chi connectivity index (χ3n) is 1.69. The molecule has 1 atom stereocenters. The van der Waals surface area contributed by atoms with Crippen LogP contribution >= 0.6 is 0 Å². The molecule has 1 rings (SSSR count). The zero-order valence-electron chi connectivity index (χ0n) is 7.54. The molecule has 1 unspecified atom stereocenters. The first-order chi connectivity index (χ1) is 7.04. The third kappa shape index (κ3) is 2.64. The number of benzene rings is 1. The molecule has 0 aromatic heterocycles. The summed E-state index contributed by atoms with van der Waals surface area (Å²) in [5, 5.41) is 8.64. The fourth-order valence-electron chi connectivity index (χ4n) is 1.03. The minimum atomic E-state index is -2.86. The summed E-state index contributed by atoms with van der Waals surface area (Å²) in [4.78, 5) is 9.81. The van der Waals surface area contributed by atoms with Crippen molar-refractivity contribution in [3.8, 4) is 0 Å². The predicted molar refractivity (Wildman–Crippen MR) is 54.1 cm³/mol. The van der Waals surface area contributed by atoms with Crippen molar-refractivity contribution in [2.45, 2.75) is 0 Å². The fraction of sp³-hybridized carbons (Fsp3) is 0. The van der Waals surface area contributed by atoms with E-state index in [1.807, 2.05) is 0 Å². The molecule has 0 saturated heterocycles. The van der Waals surface area contributed by atoms with E-state index < -0.39 is 22.0 Å². The number of hydrogen-bond donors (Lipinski definition) is 2. The first-order valence-corrected chi connectivity index (χ1v) is 4.99. The van der Waals surface area contributed by atoms with E-state index in [9.17, 15) is 13.6 Å². The van der Waals surface area contributed by atoms with Gasteiger partial charge in [0, 0.05) is 0 Å². The summed E-state index contributed by atoms with van der Waals surface area (Å²) in [6.45, 7) is 0. The first kappa shape index (κ1) is 11.4. The van der Waals surface area contributed by atoms with Gasteiger partial charge in [0.05, 0.1) is 5.70 Å². The van der Waals surface area contributed by atoms with Gasteiger partial charge in [-0.2, -0.15) is 0 Å². The topological polar surface area (TPSA) is 103 Å². The van der Waals surface area contributed by atoms with Gasteiger partial charge in [0.15, 0.2) is 0 Å². The molecule has 0 saturated carbocycles. The van der Waals surface area contributed by atoms with E-state index in [1.54, 1.807) is 18.2 Å². The van der Waals surface area contributed by atoms with Crippen LogP contribution in [0.25, 0.3) is 5.70 Å². The van der Waals surface area contributed by atoms with E-state index >= 15 is 0 Å². The highest BCUT2D eigenvalue weighted by atomic mass is 32.2. The van der Waals surface area contributed by atoms with Crippen molar-refractivity contribution in [2.75, 3.05) is 0 Å². The average Bonchev–Trinajstić information content (AvgIpc) is 2.18. The summed E-state index contributed by atoms with van der Waals surface area (Å²) in [6.07, 6.45) is 0. The Labute approximate surface area is 88.5 Å². The van der Waals surface area contributed by atoms with Gasteiger partial charge >= 0.3 is 5.97 Å². The summed E-state index contributed by atoms with van der Waals surface area (Å²) in [6, 6.07) is 8.05. The minimum absolute atomic E-state index is 0.267. The Morgan fingerprint density at radius 2 is 1.87 bits per heavy atom. The number of aliphatic carboxylic acids is 1. The monoisotopic (exact) mass is 226 g/mol. The van der Waals surface area contributed by atoms with Crippen molar-refractivity contribution in [1.82, 2.24) is 0 Å². The van der Waals surface area contributed by atoms with Gasteiger partial charge < -0.3 is 15.4 Å². The van der Waals surface area contributed by atoms with Crippen LogP contribution < -0.4 is 5.73 Å². The van der Waals surface area contributed by atoms with Crippen LogP contribution in [0.2, 0.25) is 0 Å². The van der Waals surface area contributed by atoms with E-state index in [2.05, 4.69) is 0 Å². The Bertz CT molecular complexity index is 411. The molecule has 0 radical (unpaired) electrons.